The van der Waals surface area contributed by atoms with Gasteiger partial charge in [0.1, 0.15) is 5.82 Å². The maximum absolute atomic E-state index is 13.4. The molecule has 10 heteroatoms. The molecular formula is C17H18BrFN6O2. The number of halogens is 2. The van der Waals surface area contributed by atoms with Crippen molar-refractivity contribution in [2.24, 2.45) is 5.16 Å². The molecule has 0 fully saturated rings. The number of likely N-dealkylation sites (N-methyl/N-ethyl adjacent to an activating group) is 1. The van der Waals surface area contributed by atoms with Gasteiger partial charge >= 0.3 is 0 Å². The average molecular weight is 437 g/mol. The normalized spacial score (nSPS) is 17.2. The van der Waals surface area contributed by atoms with E-state index in [1.165, 1.54) is 19.2 Å². The van der Waals surface area contributed by atoms with Gasteiger partial charge in [0.15, 0.2) is 12.4 Å². The number of rotatable bonds is 4. The molecule has 0 saturated carbocycles. The fourth-order valence-corrected chi connectivity index (χ4v) is 3.49. The number of amidine groups is 1. The van der Waals surface area contributed by atoms with Gasteiger partial charge in [0.25, 0.3) is 5.91 Å². The van der Waals surface area contributed by atoms with Gasteiger partial charge in [0, 0.05) is 17.9 Å². The van der Waals surface area contributed by atoms with Gasteiger partial charge < -0.3 is 21.2 Å². The predicted molar refractivity (Wildman–Crippen MR) is 101 cm³/mol. The average Bonchev–Trinajstić information content (AvgIpc) is 2.60. The number of nitrogens with two attached hydrogens (primary N) is 1. The third-order valence-corrected chi connectivity index (χ3v) is 4.78. The van der Waals surface area contributed by atoms with Gasteiger partial charge in [-0.05, 0) is 24.6 Å². The van der Waals surface area contributed by atoms with Crippen LogP contribution in [0.25, 0.3) is 0 Å². The minimum Gasteiger partial charge on any atom is -0.384 e. The molecule has 1 amide bonds. The summed E-state index contributed by atoms with van der Waals surface area (Å²) in [5, 5.41) is 9.77. The molecule has 1 aromatic carbocycles. The number of anilines is 1. The van der Waals surface area contributed by atoms with Crippen LogP contribution in [0.3, 0.4) is 0 Å². The summed E-state index contributed by atoms with van der Waals surface area (Å²) >= 11 is 3.39. The lowest BCUT2D eigenvalue weighted by molar-refractivity contribution is -0.125. The zero-order valence-corrected chi connectivity index (χ0v) is 16.3. The van der Waals surface area contributed by atoms with E-state index in [0.29, 0.717) is 33.7 Å². The Morgan fingerprint density at radius 1 is 1.52 bits per heavy atom. The molecule has 0 unspecified atom stereocenters. The second kappa shape index (κ2) is 7.87. The minimum absolute atomic E-state index is 0.163. The lowest BCUT2D eigenvalue weighted by Gasteiger charge is -2.29. The Kier molecular flexibility index (Phi) is 5.54. The third kappa shape index (κ3) is 4.16. The Morgan fingerprint density at radius 2 is 2.30 bits per heavy atom. The number of oxime groups is 1. The molecule has 1 atom stereocenters. The number of aryl methyl sites for hydroxylation is 1. The Morgan fingerprint density at radius 3 is 3.00 bits per heavy atom. The highest BCUT2D eigenvalue weighted by atomic mass is 79.9. The molecule has 1 aromatic heterocycles. The second-order valence-electron chi connectivity index (χ2n) is 5.94. The molecule has 0 radical (unpaired) electrons. The maximum atomic E-state index is 13.4. The van der Waals surface area contributed by atoms with Crippen molar-refractivity contribution in [2.45, 2.75) is 19.4 Å². The van der Waals surface area contributed by atoms with E-state index in [-0.39, 0.29) is 30.3 Å². The Labute approximate surface area is 163 Å². The first-order chi connectivity index (χ1) is 12.9. The standard InChI is InChI=1S/C17H18BrFN6O2/c1-8-15-13(24-17(20)22-8)6-12(10-4-3-9(19)5-11(10)18)23-16(15)25-27-7-14(26)21-2/h3-5,12H,6-7H2,1-2H3,(H,21,26)(H,23,25)(H2,20,22,24)/t12-/m1/s1. The number of carbonyl (C=O) groups excluding carboxylic acids is 1. The zero-order chi connectivity index (χ0) is 19.6. The van der Waals surface area contributed by atoms with Crippen LogP contribution in [0.2, 0.25) is 0 Å². The van der Waals surface area contributed by atoms with Crippen molar-refractivity contribution < 1.29 is 14.0 Å². The lowest BCUT2D eigenvalue weighted by atomic mass is 9.94. The smallest absolute Gasteiger partial charge is 0.260 e. The SMILES string of the molecule is CNC(=O)CO/N=C1\N[C@@H](c2ccc(F)cc2Br)Cc2nc(N)nc(C)c21. The van der Waals surface area contributed by atoms with E-state index in [1.807, 2.05) is 0 Å². The van der Waals surface area contributed by atoms with Crippen LogP contribution in [0, 0.1) is 12.7 Å². The molecule has 142 valence electrons. The number of nitrogen functional groups attached to an aromatic ring is 1. The number of nitrogens with one attached hydrogen (secondary N) is 2. The number of benzene rings is 1. The summed E-state index contributed by atoms with van der Waals surface area (Å²) in [5.74, 6) is -0.0971. The topological polar surface area (TPSA) is 115 Å². The van der Waals surface area contributed by atoms with Crippen LogP contribution < -0.4 is 16.4 Å². The first-order valence-corrected chi connectivity index (χ1v) is 8.93. The molecule has 1 aliphatic heterocycles. The fourth-order valence-electron chi connectivity index (χ4n) is 2.86. The molecule has 3 rings (SSSR count). The Bertz CT molecular complexity index is 921. The number of nitrogens with zero attached hydrogens (tertiary/aromatic N) is 3. The second-order valence-corrected chi connectivity index (χ2v) is 6.80. The Balaban J connectivity index is 1.99. The lowest BCUT2D eigenvalue weighted by Crippen LogP contribution is -2.38. The number of amides is 1. The number of fused-ring (bicyclic) bond motifs is 1. The molecule has 2 heterocycles. The molecule has 0 saturated heterocycles. The van der Waals surface area contributed by atoms with E-state index < -0.39 is 0 Å². The fraction of sp³-hybridized carbons (Fsp3) is 0.294. The highest BCUT2D eigenvalue weighted by Crippen LogP contribution is 2.31. The number of carbonyl (C=O) groups is 1. The van der Waals surface area contributed by atoms with Crippen LogP contribution in [0.15, 0.2) is 27.8 Å². The summed E-state index contributed by atoms with van der Waals surface area (Å²) in [5.41, 5.74) is 8.64. The van der Waals surface area contributed by atoms with Crippen molar-refractivity contribution in [1.29, 1.82) is 0 Å². The molecule has 0 aliphatic carbocycles. The van der Waals surface area contributed by atoms with Crippen LogP contribution in [-0.2, 0) is 16.1 Å². The van der Waals surface area contributed by atoms with Crippen molar-refractivity contribution in [2.75, 3.05) is 19.4 Å². The molecular weight excluding hydrogens is 419 g/mol. The molecule has 2 aromatic rings. The highest BCUT2D eigenvalue weighted by molar-refractivity contribution is 9.10. The van der Waals surface area contributed by atoms with Crippen molar-refractivity contribution in [3.05, 3.63) is 51.0 Å². The van der Waals surface area contributed by atoms with Crippen LogP contribution in [0.4, 0.5) is 10.3 Å². The molecule has 27 heavy (non-hydrogen) atoms. The first-order valence-electron chi connectivity index (χ1n) is 8.14. The minimum atomic E-state index is -0.341. The maximum Gasteiger partial charge on any atom is 0.260 e. The number of aromatic nitrogens is 2. The van der Waals surface area contributed by atoms with Crippen molar-refractivity contribution >= 4 is 33.6 Å². The summed E-state index contributed by atoms with van der Waals surface area (Å²) < 4.78 is 14.1. The largest absolute Gasteiger partial charge is 0.384 e. The van der Waals surface area contributed by atoms with Crippen LogP contribution >= 0.6 is 15.9 Å². The van der Waals surface area contributed by atoms with Gasteiger partial charge in [-0.15, -0.1) is 0 Å². The molecule has 4 N–H and O–H groups in total. The summed E-state index contributed by atoms with van der Waals surface area (Å²) in [6, 6.07) is 4.21. The zero-order valence-electron chi connectivity index (χ0n) is 14.7. The number of hydrogen-bond acceptors (Lipinski definition) is 6. The monoisotopic (exact) mass is 436 g/mol. The van der Waals surface area contributed by atoms with Crippen LogP contribution in [-0.4, -0.2) is 35.4 Å². The van der Waals surface area contributed by atoms with Gasteiger partial charge in [-0.2, -0.15) is 0 Å². The van der Waals surface area contributed by atoms with Gasteiger partial charge in [0.2, 0.25) is 5.95 Å². The molecule has 0 spiro atoms. The van der Waals surface area contributed by atoms with Crippen LogP contribution in [0.5, 0.6) is 0 Å². The third-order valence-electron chi connectivity index (χ3n) is 4.10. The number of hydrogen-bond donors (Lipinski definition) is 3. The first kappa shape index (κ1) is 19.0. The highest BCUT2D eigenvalue weighted by Gasteiger charge is 2.29. The van der Waals surface area contributed by atoms with Gasteiger partial charge in [-0.3, -0.25) is 4.79 Å². The molecule has 1 aliphatic rings. The summed E-state index contributed by atoms with van der Waals surface area (Å²) in [6.07, 6.45) is 0.502. The molecule has 8 nitrogen and oxygen atoms in total. The van der Waals surface area contributed by atoms with E-state index in [2.05, 4.69) is 41.7 Å². The Hall–Kier alpha value is -2.75. The van der Waals surface area contributed by atoms with Crippen molar-refractivity contribution in [1.82, 2.24) is 20.6 Å². The van der Waals surface area contributed by atoms with Crippen LogP contribution in [0.1, 0.15) is 28.6 Å². The summed E-state index contributed by atoms with van der Waals surface area (Å²) in [4.78, 5) is 25.0. The van der Waals surface area contributed by atoms with Gasteiger partial charge in [0.05, 0.1) is 23.0 Å². The summed E-state index contributed by atoms with van der Waals surface area (Å²) in [7, 11) is 1.51. The van der Waals surface area contributed by atoms with Crippen molar-refractivity contribution in [3.63, 3.8) is 0 Å². The van der Waals surface area contributed by atoms with E-state index in [9.17, 15) is 9.18 Å². The quantitative estimate of drug-likeness (QED) is 0.626. The van der Waals surface area contributed by atoms with E-state index in [0.717, 1.165) is 5.56 Å². The van der Waals surface area contributed by atoms with E-state index >= 15 is 0 Å². The van der Waals surface area contributed by atoms with Gasteiger partial charge in [-0.25, -0.2) is 14.4 Å². The van der Waals surface area contributed by atoms with Crippen molar-refractivity contribution in [3.8, 4) is 0 Å². The molecule has 0 bridgehead atoms. The van der Waals surface area contributed by atoms with E-state index in [4.69, 9.17) is 10.6 Å². The summed E-state index contributed by atoms with van der Waals surface area (Å²) in [6.45, 7) is 1.57. The van der Waals surface area contributed by atoms with Gasteiger partial charge in [-0.1, -0.05) is 27.2 Å². The predicted octanol–water partition coefficient (Wildman–Crippen LogP) is 1.58. The van der Waals surface area contributed by atoms with E-state index in [1.54, 1.807) is 13.0 Å².